The van der Waals surface area contributed by atoms with Crippen LogP contribution in [0, 0.1) is 0 Å². The molecular weight excluding hydrogens is 360 g/mol. The number of hydrogen-bond acceptors (Lipinski definition) is 5. The summed E-state index contributed by atoms with van der Waals surface area (Å²) in [4.78, 5) is 28.1. The Hall–Kier alpha value is -2.80. The first kappa shape index (κ1) is 19.5. The van der Waals surface area contributed by atoms with Gasteiger partial charge in [-0.05, 0) is 37.6 Å². The molecule has 0 saturated heterocycles. The number of aliphatic carboxylic acids is 1. The Kier molecular flexibility index (Phi) is 6.41. The topological polar surface area (TPSA) is 97.8 Å². The van der Waals surface area contributed by atoms with Crippen LogP contribution >= 0.6 is 11.6 Å². The molecule has 0 bridgehead atoms. The van der Waals surface area contributed by atoms with Crippen LogP contribution in [-0.2, 0) is 4.79 Å². The molecule has 0 aliphatic carbocycles. The number of nitrogens with zero attached hydrogens (tertiary/aromatic N) is 1. The predicted octanol–water partition coefficient (Wildman–Crippen LogP) is 3.09. The molecule has 2 N–H and O–H groups in total. The Morgan fingerprint density at radius 1 is 1.23 bits per heavy atom. The predicted molar refractivity (Wildman–Crippen MR) is 95.8 cm³/mol. The Morgan fingerprint density at radius 2 is 1.96 bits per heavy atom. The number of amides is 1. The zero-order valence-corrected chi connectivity index (χ0v) is 15.3. The number of rotatable bonds is 7. The number of carbonyl (C=O) groups is 2. The zero-order chi connectivity index (χ0) is 19.3. The van der Waals surface area contributed by atoms with Gasteiger partial charge in [0, 0.05) is 6.07 Å². The summed E-state index contributed by atoms with van der Waals surface area (Å²) in [5.41, 5.74) is 0.361. The highest BCUT2D eigenvalue weighted by Gasteiger charge is 2.24. The van der Waals surface area contributed by atoms with Crippen molar-refractivity contribution in [1.29, 1.82) is 0 Å². The van der Waals surface area contributed by atoms with Gasteiger partial charge in [-0.2, -0.15) is 0 Å². The molecule has 1 amide bonds. The second-order valence-corrected chi connectivity index (χ2v) is 6.07. The highest BCUT2D eigenvalue weighted by atomic mass is 35.5. The van der Waals surface area contributed by atoms with Gasteiger partial charge in [0.1, 0.15) is 11.4 Å². The number of methoxy groups -OCH3 is 1. The summed E-state index contributed by atoms with van der Waals surface area (Å²) in [7, 11) is 1.45. The number of carboxylic acid groups (broad SMARTS) is 1. The van der Waals surface area contributed by atoms with Gasteiger partial charge in [-0.1, -0.05) is 23.7 Å². The van der Waals surface area contributed by atoms with Gasteiger partial charge >= 0.3 is 5.97 Å². The third-order valence-corrected chi connectivity index (χ3v) is 3.64. The first-order valence-electron chi connectivity index (χ1n) is 7.82. The number of ether oxygens (including phenoxy) is 2. The minimum Gasteiger partial charge on any atom is -0.495 e. The molecule has 1 aromatic carbocycles. The van der Waals surface area contributed by atoms with Crippen molar-refractivity contribution in [2.45, 2.75) is 26.0 Å². The standard InChI is InChI=1S/C18H19ClN2O5/c1-10(2)26-15-6-4-5-13(20-15)17(22)21-16(18(23)24)11-7-8-14(25-3)12(19)9-11/h4-10,16H,1-3H3,(H,21,22)(H,23,24). The first-order chi connectivity index (χ1) is 12.3. The van der Waals surface area contributed by atoms with E-state index >= 15 is 0 Å². The third kappa shape index (κ3) is 4.86. The SMILES string of the molecule is COc1ccc(C(NC(=O)c2cccc(OC(C)C)n2)C(=O)O)cc1Cl. The van der Waals surface area contributed by atoms with Crippen LogP contribution in [0.1, 0.15) is 35.9 Å². The highest BCUT2D eigenvalue weighted by molar-refractivity contribution is 6.32. The molecule has 7 nitrogen and oxygen atoms in total. The van der Waals surface area contributed by atoms with E-state index < -0.39 is 17.9 Å². The average molecular weight is 379 g/mol. The van der Waals surface area contributed by atoms with Crippen molar-refractivity contribution in [3.05, 3.63) is 52.7 Å². The molecule has 0 aliphatic rings. The van der Waals surface area contributed by atoms with Crippen molar-refractivity contribution in [3.8, 4) is 11.6 Å². The molecule has 1 aromatic heterocycles. The molecule has 138 valence electrons. The number of halogens is 1. The highest BCUT2D eigenvalue weighted by Crippen LogP contribution is 2.28. The van der Waals surface area contributed by atoms with E-state index in [0.29, 0.717) is 11.3 Å². The Labute approximate surface area is 155 Å². The van der Waals surface area contributed by atoms with E-state index in [1.807, 2.05) is 13.8 Å². The van der Waals surface area contributed by atoms with Crippen LogP contribution in [0.4, 0.5) is 0 Å². The fourth-order valence-electron chi connectivity index (χ4n) is 2.20. The monoisotopic (exact) mass is 378 g/mol. The van der Waals surface area contributed by atoms with Gasteiger partial charge in [0.2, 0.25) is 5.88 Å². The molecule has 1 unspecified atom stereocenters. The fourth-order valence-corrected chi connectivity index (χ4v) is 2.47. The van der Waals surface area contributed by atoms with Crippen LogP contribution in [0.3, 0.4) is 0 Å². The number of hydrogen-bond donors (Lipinski definition) is 2. The van der Waals surface area contributed by atoms with Crippen LogP contribution < -0.4 is 14.8 Å². The number of aromatic nitrogens is 1. The van der Waals surface area contributed by atoms with Crippen LogP contribution in [-0.4, -0.2) is 35.2 Å². The molecule has 1 atom stereocenters. The third-order valence-electron chi connectivity index (χ3n) is 3.34. The Morgan fingerprint density at radius 3 is 2.54 bits per heavy atom. The number of benzene rings is 1. The van der Waals surface area contributed by atoms with E-state index in [4.69, 9.17) is 21.1 Å². The van der Waals surface area contributed by atoms with Gasteiger partial charge < -0.3 is 19.9 Å². The molecule has 8 heteroatoms. The number of nitrogens with one attached hydrogen (secondary N) is 1. The van der Waals surface area contributed by atoms with E-state index in [2.05, 4.69) is 10.3 Å². The van der Waals surface area contributed by atoms with E-state index in [1.54, 1.807) is 12.1 Å². The Bertz CT molecular complexity index is 810. The van der Waals surface area contributed by atoms with E-state index in [-0.39, 0.29) is 22.7 Å². The lowest BCUT2D eigenvalue weighted by molar-refractivity contribution is -0.139. The van der Waals surface area contributed by atoms with Crippen molar-refractivity contribution in [2.24, 2.45) is 0 Å². The molecule has 2 aromatic rings. The quantitative estimate of drug-likeness (QED) is 0.768. The second kappa shape index (κ2) is 8.53. The van der Waals surface area contributed by atoms with Crippen LogP contribution in [0.15, 0.2) is 36.4 Å². The van der Waals surface area contributed by atoms with Gasteiger partial charge in [0.05, 0.1) is 18.2 Å². The lowest BCUT2D eigenvalue weighted by atomic mass is 10.1. The summed E-state index contributed by atoms with van der Waals surface area (Å²) in [5, 5.41) is 12.2. The number of pyridine rings is 1. The van der Waals surface area contributed by atoms with Crippen LogP contribution in [0.5, 0.6) is 11.6 Å². The summed E-state index contributed by atoms with van der Waals surface area (Å²) in [6.07, 6.45) is -0.103. The minimum absolute atomic E-state index is 0.0500. The largest absolute Gasteiger partial charge is 0.495 e. The van der Waals surface area contributed by atoms with E-state index in [0.717, 1.165) is 0 Å². The Balaban J connectivity index is 2.23. The maximum atomic E-state index is 12.4. The van der Waals surface area contributed by atoms with Crippen molar-refractivity contribution in [1.82, 2.24) is 10.3 Å². The maximum Gasteiger partial charge on any atom is 0.330 e. The summed E-state index contributed by atoms with van der Waals surface area (Å²) >= 11 is 6.04. The molecule has 0 saturated carbocycles. The number of carbonyl (C=O) groups excluding carboxylic acids is 1. The van der Waals surface area contributed by atoms with Crippen LogP contribution in [0.25, 0.3) is 0 Å². The molecule has 0 fully saturated rings. The van der Waals surface area contributed by atoms with Gasteiger partial charge in [-0.15, -0.1) is 0 Å². The van der Waals surface area contributed by atoms with Crippen molar-refractivity contribution >= 4 is 23.5 Å². The molecule has 0 spiro atoms. The minimum atomic E-state index is -1.29. The lowest BCUT2D eigenvalue weighted by Gasteiger charge is -2.16. The van der Waals surface area contributed by atoms with E-state index in [9.17, 15) is 14.7 Å². The molecular formula is C18H19ClN2O5. The average Bonchev–Trinajstić information content (AvgIpc) is 2.58. The zero-order valence-electron chi connectivity index (χ0n) is 14.5. The normalized spacial score (nSPS) is 11.7. The first-order valence-corrected chi connectivity index (χ1v) is 8.20. The summed E-state index contributed by atoms with van der Waals surface area (Å²) in [6, 6.07) is 7.91. The molecule has 2 rings (SSSR count). The molecule has 0 aliphatic heterocycles. The summed E-state index contributed by atoms with van der Waals surface area (Å²) in [6.45, 7) is 3.67. The van der Waals surface area contributed by atoms with Crippen molar-refractivity contribution in [3.63, 3.8) is 0 Å². The fraction of sp³-hybridized carbons (Fsp3) is 0.278. The molecule has 26 heavy (non-hydrogen) atoms. The van der Waals surface area contributed by atoms with Gasteiger partial charge in [0.25, 0.3) is 5.91 Å². The summed E-state index contributed by atoms with van der Waals surface area (Å²) < 4.78 is 10.5. The smallest absolute Gasteiger partial charge is 0.330 e. The summed E-state index contributed by atoms with van der Waals surface area (Å²) in [5.74, 6) is -1.18. The van der Waals surface area contributed by atoms with Crippen LogP contribution in [0.2, 0.25) is 5.02 Å². The van der Waals surface area contributed by atoms with Gasteiger partial charge in [-0.25, -0.2) is 9.78 Å². The number of carboxylic acids is 1. The van der Waals surface area contributed by atoms with Gasteiger partial charge in [-0.3, -0.25) is 4.79 Å². The van der Waals surface area contributed by atoms with Crippen molar-refractivity contribution < 1.29 is 24.2 Å². The molecule has 1 heterocycles. The molecule has 0 radical (unpaired) electrons. The van der Waals surface area contributed by atoms with Crippen molar-refractivity contribution in [2.75, 3.05) is 7.11 Å². The van der Waals surface area contributed by atoms with E-state index in [1.165, 1.54) is 31.4 Å². The maximum absolute atomic E-state index is 12.4. The second-order valence-electron chi connectivity index (χ2n) is 5.67. The van der Waals surface area contributed by atoms with Gasteiger partial charge in [0.15, 0.2) is 6.04 Å². The lowest BCUT2D eigenvalue weighted by Crippen LogP contribution is -2.34.